The second-order valence-electron chi connectivity index (χ2n) is 7.83. The maximum Gasteiger partial charge on any atom is 0.243 e. The first-order valence-corrected chi connectivity index (χ1v) is 11.2. The Labute approximate surface area is 170 Å². The SMILES string of the molecule is Cc1ccc(S(=O)(=O)N2Cc3ccccc3[C@H]3CC(=O)c4ccccc4[C@@H]32)cc1. The highest BCUT2D eigenvalue weighted by atomic mass is 32.2. The molecular weight excluding hydrogens is 382 g/mol. The number of Topliss-reactive ketones (excluding diaryl/α,β-unsaturated/α-hetero) is 1. The highest BCUT2D eigenvalue weighted by Gasteiger charge is 2.46. The summed E-state index contributed by atoms with van der Waals surface area (Å²) in [6.45, 7) is 2.24. The van der Waals surface area contributed by atoms with E-state index in [1.165, 1.54) is 0 Å². The number of hydrogen-bond donors (Lipinski definition) is 0. The van der Waals surface area contributed by atoms with Crippen LogP contribution in [0.4, 0.5) is 0 Å². The first-order valence-electron chi connectivity index (χ1n) is 9.75. The third-order valence-electron chi connectivity index (χ3n) is 6.08. The van der Waals surface area contributed by atoms with Crippen LogP contribution in [0.15, 0.2) is 77.7 Å². The summed E-state index contributed by atoms with van der Waals surface area (Å²) in [4.78, 5) is 13.1. The number of fused-ring (bicyclic) bond motifs is 5. The molecule has 146 valence electrons. The smallest absolute Gasteiger partial charge is 0.243 e. The van der Waals surface area contributed by atoms with Crippen molar-refractivity contribution >= 4 is 15.8 Å². The van der Waals surface area contributed by atoms with Crippen LogP contribution in [-0.4, -0.2) is 18.5 Å². The molecule has 0 unspecified atom stereocenters. The van der Waals surface area contributed by atoms with E-state index in [-0.39, 0.29) is 22.6 Å². The third kappa shape index (κ3) is 2.84. The molecule has 3 aromatic rings. The van der Waals surface area contributed by atoms with Gasteiger partial charge in [-0.05, 0) is 35.7 Å². The minimum Gasteiger partial charge on any atom is -0.294 e. The van der Waals surface area contributed by atoms with Gasteiger partial charge in [0.05, 0.1) is 10.9 Å². The fourth-order valence-corrected chi connectivity index (χ4v) is 6.29. The van der Waals surface area contributed by atoms with Gasteiger partial charge < -0.3 is 0 Å². The molecule has 0 bridgehead atoms. The lowest BCUT2D eigenvalue weighted by Crippen LogP contribution is -2.44. The van der Waals surface area contributed by atoms with Gasteiger partial charge in [-0.3, -0.25) is 4.79 Å². The molecule has 3 aromatic carbocycles. The van der Waals surface area contributed by atoms with Crippen LogP contribution in [0.25, 0.3) is 0 Å². The average Bonchev–Trinajstić information content (AvgIpc) is 2.73. The van der Waals surface area contributed by atoms with Crippen LogP contribution >= 0.6 is 0 Å². The molecule has 0 radical (unpaired) electrons. The summed E-state index contributed by atoms with van der Waals surface area (Å²) < 4.78 is 29.0. The van der Waals surface area contributed by atoms with Crippen LogP contribution in [0.1, 0.15) is 51.0 Å². The fraction of sp³-hybridized carbons (Fsp3) is 0.208. The van der Waals surface area contributed by atoms with Crippen molar-refractivity contribution in [3.05, 3.63) is 101 Å². The number of rotatable bonds is 2. The molecule has 2 atom stereocenters. The van der Waals surface area contributed by atoms with Crippen LogP contribution in [0.2, 0.25) is 0 Å². The summed E-state index contributed by atoms with van der Waals surface area (Å²) in [6, 6.07) is 21.9. The number of sulfonamides is 1. The van der Waals surface area contributed by atoms with Crippen molar-refractivity contribution in [1.82, 2.24) is 4.31 Å². The molecule has 5 rings (SSSR count). The zero-order valence-corrected chi connectivity index (χ0v) is 16.9. The number of carbonyl (C=O) groups excluding carboxylic acids is 1. The molecule has 0 saturated carbocycles. The second-order valence-corrected chi connectivity index (χ2v) is 9.72. The van der Waals surface area contributed by atoms with Crippen LogP contribution in [0.5, 0.6) is 0 Å². The van der Waals surface area contributed by atoms with Crippen LogP contribution < -0.4 is 0 Å². The van der Waals surface area contributed by atoms with Gasteiger partial charge in [-0.15, -0.1) is 0 Å². The zero-order chi connectivity index (χ0) is 20.2. The predicted molar refractivity (Wildman–Crippen MR) is 111 cm³/mol. The Balaban J connectivity index is 1.72. The quantitative estimate of drug-likeness (QED) is 0.628. The molecule has 0 N–H and O–H groups in total. The van der Waals surface area contributed by atoms with Crippen molar-refractivity contribution in [2.75, 3.05) is 0 Å². The van der Waals surface area contributed by atoms with Crippen molar-refractivity contribution in [3.63, 3.8) is 0 Å². The van der Waals surface area contributed by atoms with Crippen LogP contribution in [0.3, 0.4) is 0 Å². The van der Waals surface area contributed by atoms with Crippen molar-refractivity contribution in [3.8, 4) is 0 Å². The van der Waals surface area contributed by atoms with Crippen LogP contribution in [-0.2, 0) is 16.6 Å². The largest absolute Gasteiger partial charge is 0.294 e. The van der Waals surface area contributed by atoms with E-state index in [2.05, 4.69) is 0 Å². The van der Waals surface area contributed by atoms with Crippen molar-refractivity contribution in [2.45, 2.75) is 36.7 Å². The monoisotopic (exact) mass is 403 g/mol. The first-order chi connectivity index (χ1) is 14.0. The first kappa shape index (κ1) is 18.3. The minimum atomic E-state index is -3.73. The minimum absolute atomic E-state index is 0.0752. The third-order valence-corrected chi connectivity index (χ3v) is 7.93. The zero-order valence-electron chi connectivity index (χ0n) is 16.1. The number of carbonyl (C=O) groups is 1. The number of aryl methyl sites for hydroxylation is 1. The maximum absolute atomic E-state index is 13.7. The van der Waals surface area contributed by atoms with Gasteiger partial charge in [-0.2, -0.15) is 4.31 Å². The van der Waals surface area contributed by atoms with E-state index < -0.39 is 10.0 Å². The molecule has 2 aliphatic rings. The van der Waals surface area contributed by atoms with Gasteiger partial charge in [0.1, 0.15) is 0 Å². The van der Waals surface area contributed by atoms with Gasteiger partial charge in [-0.1, -0.05) is 66.2 Å². The summed E-state index contributed by atoms with van der Waals surface area (Å²) in [6.07, 6.45) is 0.318. The summed E-state index contributed by atoms with van der Waals surface area (Å²) in [7, 11) is -3.73. The van der Waals surface area contributed by atoms with E-state index in [0.717, 1.165) is 22.3 Å². The molecule has 4 nitrogen and oxygen atoms in total. The Kier molecular flexibility index (Phi) is 4.19. The Morgan fingerprint density at radius 2 is 1.52 bits per heavy atom. The highest BCUT2D eigenvalue weighted by molar-refractivity contribution is 7.89. The van der Waals surface area contributed by atoms with E-state index in [1.807, 2.05) is 67.6 Å². The van der Waals surface area contributed by atoms with Crippen molar-refractivity contribution in [2.24, 2.45) is 0 Å². The Morgan fingerprint density at radius 3 is 2.28 bits per heavy atom. The summed E-state index contributed by atoms with van der Waals surface area (Å²) in [5.41, 5.74) is 4.50. The molecule has 0 fully saturated rings. The number of ketones is 1. The molecular formula is C24H21NO3S. The number of hydrogen-bond acceptors (Lipinski definition) is 3. The lowest BCUT2D eigenvalue weighted by atomic mass is 9.72. The Hall–Kier alpha value is -2.76. The van der Waals surface area contributed by atoms with Gasteiger partial charge in [0.15, 0.2) is 5.78 Å². The average molecular weight is 404 g/mol. The Morgan fingerprint density at radius 1 is 0.862 bits per heavy atom. The van der Waals surface area contributed by atoms with Gasteiger partial charge in [0.2, 0.25) is 10.0 Å². The number of benzene rings is 3. The second kappa shape index (κ2) is 6.65. The summed E-state index contributed by atoms with van der Waals surface area (Å²) in [5.74, 6) is -0.103. The molecule has 0 spiro atoms. The predicted octanol–water partition coefficient (Wildman–Crippen LogP) is 4.61. The summed E-state index contributed by atoms with van der Waals surface area (Å²) >= 11 is 0. The van der Waals surface area contributed by atoms with E-state index in [9.17, 15) is 13.2 Å². The lowest BCUT2D eigenvalue weighted by Gasteiger charge is -2.44. The molecule has 1 aliphatic heterocycles. The molecule has 1 aliphatic carbocycles. The topological polar surface area (TPSA) is 54.5 Å². The lowest BCUT2D eigenvalue weighted by molar-refractivity contribution is 0.0928. The van der Waals surface area contributed by atoms with E-state index in [0.29, 0.717) is 18.5 Å². The van der Waals surface area contributed by atoms with Gasteiger partial charge in [-0.25, -0.2) is 8.42 Å². The molecule has 0 amide bonds. The van der Waals surface area contributed by atoms with E-state index in [1.54, 1.807) is 16.4 Å². The van der Waals surface area contributed by atoms with Crippen molar-refractivity contribution in [1.29, 1.82) is 0 Å². The molecule has 29 heavy (non-hydrogen) atoms. The van der Waals surface area contributed by atoms with Crippen LogP contribution in [0, 0.1) is 6.92 Å². The molecule has 0 saturated heterocycles. The molecule has 0 aromatic heterocycles. The molecule has 1 heterocycles. The standard InChI is InChI=1S/C24H21NO3S/c1-16-10-12-18(13-11-16)29(27,28)25-15-17-6-2-3-7-19(17)22-14-23(26)20-8-4-5-9-21(20)24(22)25/h2-13,22,24H,14-15H2,1H3/t22-,24+/m1/s1. The van der Waals surface area contributed by atoms with Gasteiger partial charge in [0, 0.05) is 24.4 Å². The normalized spacial score (nSPS) is 21.2. The van der Waals surface area contributed by atoms with E-state index >= 15 is 0 Å². The van der Waals surface area contributed by atoms with E-state index in [4.69, 9.17) is 0 Å². The molecule has 5 heteroatoms. The highest BCUT2D eigenvalue weighted by Crippen LogP contribution is 2.50. The van der Waals surface area contributed by atoms with Crippen molar-refractivity contribution < 1.29 is 13.2 Å². The fourth-order valence-electron chi connectivity index (χ4n) is 4.67. The van der Waals surface area contributed by atoms with Gasteiger partial charge in [0.25, 0.3) is 0 Å². The maximum atomic E-state index is 13.7. The van der Waals surface area contributed by atoms with Gasteiger partial charge >= 0.3 is 0 Å². The number of nitrogens with zero attached hydrogens (tertiary/aromatic N) is 1. The Bertz CT molecular complexity index is 1210. The summed E-state index contributed by atoms with van der Waals surface area (Å²) in [5, 5.41) is 0.